The third kappa shape index (κ3) is 20.9. The number of rotatable bonds is 40. The molecule has 109 heavy (non-hydrogen) atoms. The summed E-state index contributed by atoms with van der Waals surface area (Å²) in [6, 6.07) is 65.6. The first-order valence-electron chi connectivity index (χ1n) is 37.8. The van der Waals surface area contributed by atoms with Gasteiger partial charge in [0.05, 0.1) is 26.3 Å². The summed E-state index contributed by atoms with van der Waals surface area (Å²) in [7, 11) is 3.42. The maximum atomic E-state index is 14.1. The van der Waals surface area contributed by atoms with Crippen molar-refractivity contribution in [3.8, 4) is 38.1 Å². The van der Waals surface area contributed by atoms with E-state index in [1.54, 1.807) is 85.4 Å². The number of hydrogen-bond donors (Lipinski definition) is 8. The zero-order valence-electron chi connectivity index (χ0n) is 63.6. The molecule has 0 bridgehead atoms. The van der Waals surface area contributed by atoms with Gasteiger partial charge in [-0.2, -0.15) is 0 Å². The molecular formula is C89H105F3N6O9S2. The van der Waals surface area contributed by atoms with Gasteiger partial charge in [0, 0.05) is 107 Å². The first kappa shape index (κ1) is 81.4. The van der Waals surface area contributed by atoms with Crippen molar-refractivity contribution in [3.05, 3.63) is 273 Å². The number of likely N-dealkylation sites (N-methyl/N-ethyl adjacent to an activating group) is 1. The van der Waals surface area contributed by atoms with E-state index in [4.69, 9.17) is 14.2 Å². The lowest BCUT2D eigenvalue weighted by atomic mass is 9.71. The lowest BCUT2D eigenvalue weighted by molar-refractivity contribution is -0.244. The largest absolute Gasteiger partial charge is 0.497 e. The molecule has 0 amide bonds. The van der Waals surface area contributed by atoms with Gasteiger partial charge in [0.2, 0.25) is 0 Å². The number of aliphatic hydroxyl groups excluding tert-OH is 5. The minimum absolute atomic E-state index is 0.00504. The van der Waals surface area contributed by atoms with Gasteiger partial charge in [0.15, 0.2) is 5.60 Å². The smallest absolute Gasteiger partial charge is 0.151 e. The minimum Gasteiger partial charge on any atom is -0.497 e. The van der Waals surface area contributed by atoms with Crippen LogP contribution in [0.15, 0.2) is 212 Å². The van der Waals surface area contributed by atoms with Crippen LogP contribution in [-0.2, 0) is 52.0 Å². The Labute approximate surface area is 648 Å². The molecule has 0 saturated heterocycles. The molecule has 0 aliphatic carbocycles. The van der Waals surface area contributed by atoms with E-state index in [1.165, 1.54) is 36.4 Å². The fraction of sp³-hybridized carbons (Fsp3) is 0.371. The van der Waals surface area contributed by atoms with Gasteiger partial charge < -0.3 is 59.5 Å². The second-order valence-corrected chi connectivity index (χ2v) is 31.8. The Morgan fingerprint density at radius 2 is 0.991 bits per heavy atom. The Kier molecular flexibility index (Phi) is 28.3. The van der Waals surface area contributed by atoms with Crippen LogP contribution >= 0.6 is 22.7 Å². The number of hydrogen-bond acceptors (Lipinski definition) is 17. The summed E-state index contributed by atoms with van der Waals surface area (Å²) in [5, 5.41) is 83.7. The summed E-state index contributed by atoms with van der Waals surface area (Å²) in [6.45, 7) is 13.4. The molecule has 1 aliphatic heterocycles. The molecule has 20 heteroatoms. The van der Waals surface area contributed by atoms with Crippen molar-refractivity contribution in [2.24, 2.45) is 0 Å². The van der Waals surface area contributed by atoms with Gasteiger partial charge in [0.1, 0.15) is 71.4 Å². The number of methoxy groups -OCH3 is 1. The molecule has 15 nitrogen and oxygen atoms in total. The molecule has 0 fully saturated rings. The van der Waals surface area contributed by atoms with Crippen LogP contribution in [0, 0.1) is 17.5 Å². The molecule has 8 aromatic carbocycles. The van der Waals surface area contributed by atoms with E-state index in [-0.39, 0.29) is 67.9 Å². The lowest BCUT2D eigenvalue weighted by Gasteiger charge is -2.55. The number of nitrogens with one attached hydrogen (secondary N) is 2. The van der Waals surface area contributed by atoms with Gasteiger partial charge in [-0.05, 0) is 240 Å². The van der Waals surface area contributed by atoms with Crippen molar-refractivity contribution in [1.82, 2.24) is 15.5 Å². The third-order valence-electron chi connectivity index (χ3n) is 20.7. The highest BCUT2D eigenvalue weighted by atomic mass is 32.1. The van der Waals surface area contributed by atoms with E-state index in [9.17, 15) is 43.8 Å². The van der Waals surface area contributed by atoms with Crippen LogP contribution in [0.3, 0.4) is 0 Å². The Balaban J connectivity index is 0.876. The Morgan fingerprint density at radius 3 is 1.49 bits per heavy atom. The molecule has 1 aliphatic rings. The predicted molar refractivity (Wildman–Crippen MR) is 433 cm³/mol. The maximum absolute atomic E-state index is 14.1. The van der Waals surface area contributed by atoms with Gasteiger partial charge in [0.25, 0.3) is 0 Å². The number of halogens is 3. The van der Waals surface area contributed by atoms with Crippen molar-refractivity contribution in [2.75, 3.05) is 55.2 Å². The highest BCUT2D eigenvalue weighted by Gasteiger charge is 2.63. The summed E-state index contributed by atoms with van der Waals surface area (Å²) >= 11 is 3.33. The number of aliphatic hydroxyl groups is 6. The number of fused-ring (bicyclic) bond motifs is 1. The van der Waals surface area contributed by atoms with Gasteiger partial charge in [-0.1, -0.05) is 91.0 Å². The summed E-state index contributed by atoms with van der Waals surface area (Å²) in [6.07, 6.45) is -4.39. The quantitative estimate of drug-likeness (QED) is 0.0170. The summed E-state index contributed by atoms with van der Waals surface area (Å²) in [5.74, 6) is 1.10. The number of ether oxygens (including phenoxy) is 3. The Hall–Kier alpha value is -8.61. The number of benzene rings is 8. The standard InChI is InChI=1S/C89H105F3N6O9S2/c1-59(2)96(73-33-27-70(90)28-34-73)48-9-10-62-11-13-64(14-12-62)52-93-89(87(103)81(100)58-106-76-39-19-63(20-40-76)21-41-78-50-69-26-42-77(105-8)51-82(69)107-78,94-53-65-15-22-67(23-16-65)83-45-43-79(108-83)55-97(60(3)4)74-35-29-71(91)30-36-74)88(104,85(101)47-49-99)86(102)57-95(7)54-66-17-24-68(25-18-66)84-46-44-80(109-84)56-98(61(5)6)75-37-31-72(92)32-38-75/h11-20,22-40,42-46,51,59-61,78,81,85-87,93-94,99-104H,9-10,21,41,47-50,52-58H2,1-8H3. The lowest BCUT2D eigenvalue weighted by Crippen LogP contribution is -2.84. The molecule has 0 spiro atoms. The normalized spacial score (nSPS) is 15.1. The zero-order valence-corrected chi connectivity index (χ0v) is 65.2. The molecule has 578 valence electrons. The van der Waals surface area contributed by atoms with Crippen LogP contribution < -0.4 is 39.5 Å². The molecule has 2 aromatic heterocycles. The van der Waals surface area contributed by atoms with Crippen LogP contribution in [0.1, 0.15) is 104 Å². The molecule has 11 rings (SSSR count). The summed E-state index contributed by atoms with van der Waals surface area (Å²) in [4.78, 5) is 12.8. The summed E-state index contributed by atoms with van der Waals surface area (Å²) in [5.41, 5.74) is 4.96. The van der Waals surface area contributed by atoms with Crippen LogP contribution in [0.25, 0.3) is 20.9 Å². The van der Waals surface area contributed by atoms with Crippen LogP contribution in [-0.4, -0.2) is 136 Å². The molecule has 0 saturated carbocycles. The molecule has 7 atom stereocenters. The zero-order chi connectivity index (χ0) is 77.4. The average Bonchev–Trinajstić information content (AvgIpc) is 1.30. The Morgan fingerprint density at radius 1 is 0.532 bits per heavy atom. The topological polar surface area (TPSA) is 186 Å². The molecule has 8 N–H and O–H groups in total. The molecular weight excluding hydrogens is 1420 g/mol. The van der Waals surface area contributed by atoms with Gasteiger partial charge in [-0.3, -0.25) is 15.5 Å². The first-order chi connectivity index (χ1) is 52.5. The van der Waals surface area contributed by atoms with Crippen molar-refractivity contribution >= 4 is 39.7 Å². The van der Waals surface area contributed by atoms with Crippen molar-refractivity contribution in [3.63, 3.8) is 0 Å². The number of nitrogens with zero attached hydrogens (tertiary/aromatic N) is 4. The van der Waals surface area contributed by atoms with E-state index < -0.39 is 55.3 Å². The number of thiophene rings is 2. The van der Waals surface area contributed by atoms with Crippen LogP contribution in [0.2, 0.25) is 0 Å². The fourth-order valence-corrected chi connectivity index (χ4v) is 16.5. The van der Waals surface area contributed by atoms with Gasteiger partial charge >= 0.3 is 0 Å². The summed E-state index contributed by atoms with van der Waals surface area (Å²) < 4.78 is 59.9. The maximum Gasteiger partial charge on any atom is 0.151 e. The highest BCUT2D eigenvalue weighted by molar-refractivity contribution is 7.15. The monoisotopic (exact) mass is 1520 g/mol. The third-order valence-corrected chi connectivity index (χ3v) is 23.0. The molecule has 0 radical (unpaired) electrons. The van der Waals surface area contributed by atoms with E-state index in [0.29, 0.717) is 30.0 Å². The molecule has 7 unspecified atom stereocenters. The Bertz CT molecular complexity index is 4440. The van der Waals surface area contributed by atoms with Gasteiger partial charge in [-0.25, -0.2) is 13.2 Å². The minimum atomic E-state index is -2.83. The van der Waals surface area contributed by atoms with Gasteiger partial charge in [-0.15, -0.1) is 22.7 Å². The van der Waals surface area contributed by atoms with E-state index in [0.717, 1.165) is 120 Å². The van der Waals surface area contributed by atoms with Crippen LogP contribution in [0.5, 0.6) is 17.2 Å². The fourth-order valence-electron chi connectivity index (χ4n) is 14.5. The molecule has 10 aromatic rings. The second-order valence-electron chi connectivity index (χ2n) is 29.5. The van der Waals surface area contributed by atoms with Crippen molar-refractivity contribution in [2.45, 2.75) is 173 Å². The van der Waals surface area contributed by atoms with Crippen molar-refractivity contribution < 1.29 is 58.0 Å². The second kappa shape index (κ2) is 37.9. The van der Waals surface area contributed by atoms with E-state index >= 15 is 0 Å². The SMILES string of the molecule is COc1ccc2c(c1)OC(CCc1ccc(OCC(O)C(O)C(NCc3ccc(CCCN(c4ccc(F)cc4)C(C)C)cc3)(NCc3ccc(-c4ccc(CN(c5ccc(F)cc5)C(C)C)s4)cc3)C(O)(C(O)CCO)C(O)CN(C)Cc3ccc(-c4ccc(CN(c5ccc(F)cc5)C(C)C)s4)cc3)cc1)C2. The number of anilines is 3. The van der Waals surface area contributed by atoms with Crippen LogP contribution in [0.4, 0.5) is 30.2 Å². The number of aryl methyl sites for hydroxylation is 2. The van der Waals surface area contributed by atoms with E-state index in [1.807, 2.05) is 108 Å². The average molecular weight is 1520 g/mol. The van der Waals surface area contributed by atoms with Crippen molar-refractivity contribution in [1.29, 1.82) is 0 Å². The highest BCUT2D eigenvalue weighted by Crippen LogP contribution is 2.39. The first-order valence-corrected chi connectivity index (χ1v) is 39.4. The molecule has 3 heterocycles. The van der Waals surface area contributed by atoms with E-state index in [2.05, 4.69) is 91.1 Å². The predicted octanol–water partition coefficient (Wildman–Crippen LogP) is 15.5.